The minimum absolute atomic E-state index is 0.0336. The van der Waals surface area contributed by atoms with E-state index in [0.29, 0.717) is 28.7 Å². The quantitative estimate of drug-likeness (QED) is 0.0799. The van der Waals surface area contributed by atoms with Gasteiger partial charge in [0.1, 0.15) is 12.1 Å². The van der Waals surface area contributed by atoms with Gasteiger partial charge in [0, 0.05) is 40.5 Å². The Balaban J connectivity index is 1.12. The molecule has 1 N–H and O–H groups in total. The van der Waals surface area contributed by atoms with E-state index in [1.54, 1.807) is 13.8 Å². The molecule has 0 spiro atoms. The Morgan fingerprint density at radius 2 is 1.42 bits per heavy atom. The molecular weight excluding hydrogens is 727 g/mol. The first-order valence-corrected chi connectivity index (χ1v) is 18.8. The maximum atomic E-state index is 13.5. The van der Waals surface area contributed by atoms with Gasteiger partial charge in [0.2, 0.25) is 16.8 Å². The van der Waals surface area contributed by atoms with Gasteiger partial charge in [-0.3, -0.25) is 0 Å². The van der Waals surface area contributed by atoms with Crippen molar-refractivity contribution in [1.82, 2.24) is 14.3 Å². The lowest BCUT2D eigenvalue weighted by atomic mass is 9.84. The van der Waals surface area contributed by atoms with Crippen LogP contribution in [0.4, 0.5) is 10.6 Å². The normalized spacial score (nSPS) is 14.0. The van der Waals surface area contributed by atoms with Crippen LogP contribution in [0.25, 0.3) is 10.9 Å². The molecule has 0 atom stereocenters. The average Bonchev–Trinajstić information content (AvgIpc) is 3.13. The van der Waals surface area contributed by atoms with Gasteiger partial charge in [-0.05, 0) is 104 Å². The van der Waals surface area contributed by atoms with Crippen molar-refractivity contribution in [3.05, 3.63) is 130 Å². The summed E-state index contributed by atoms with van der Waals surface area (Å²) in [7, 11) is -3.82. The first kappa shape index (κ1) is 37.0. The molecule has 0 bridgehead atoms. The predicted molar refractivity (Wildman–Crippen MR) is 198 cm³/mol. The van der Waals surface area contributed by atoms with Crippen LogP contribution >= 0.6 is 23.2 Å². The second-order valence-electron chi connectivity index (χ2n) is 12.5. The molecule has 1 aliphatic heterocycles. The van der Waals surface area contributed by atoms with Crippen LogP contribution in [-0.2, 0) is 24.2 Å². The van der Waals surface area contributed by atoms with Crippen LogP contribution in [0.1, 0.15) is 59.7 Å². The number of hydrogen-bond donors (Lipinski definition) is 1. The van der Waals surface area contributed by atoms with Crippen molar-refractivity contribution in [3.8, 4) is 0 Å². The second-order valence-corrected chi connectivity index (χ2v) is 15.3. The molecule has 0 saturated carbocycles. The summed E-state index contributed by atoms with van der Waals surface area (Å²) < 4.78 is 42.9. The Labute approximate surface area is 311 Å². The number of piperidine rings is 1. The number of carbonyl (C=O) groups is 2. The fourth-order valence-corrected chi connectivity index (χ4v) is 7.77. The maximum Gasteiger partial charge on any atom is 0.511 e. The Hall–Kier alpha value is -4.75. The first-order valence-electron chi connectivity index (χ1n) is 16.6. The topological polar surface area (TPSA) is 137 Å². The van der Waals surface area contributed by atoms with E-state index in [2.05, 4.69) is 27.4 Å². The van der Waals surface area contributed by atoms with Gasteiger partial charge < -0.3 is 19.5 Å². The summed E-state index contributed by atoms with van der Waals surface area (Å²) in [4.78, 5) is 32.9. The highest BCUT2D eigenvalue weighted by Gasteiger charge is 2.30. The minimum atomic E-state index is -3.82. The number of anilines is 1. The number of aromatic nitrogens is 2. The number of benzene rings is 4. The van der Waals surface area contributed by atoms with Crippen molar-refractivity contribution in [2.45, 2.75) is 49.6 Å². The Morgan fingerprint density at radius 1 is 0.827 bits per heavy atom. The number of hydrogen-bond acceptors (Lipinski definition) is 10. The van der Waals surface area contributed by atoms with Crippen molar-refractivity contribution < 1.29 is 32.2 Å². The summed E-state index contributed by atoms with van der Waals surface area (Å²) >= 11 is 12.4. The van der Waals surface area contributed by atoms with Crippen molar-refractivity contribution in [1.29, 1.82) is 0 Å². The monoisotopic (exact) mass is 762 g/mol. The maximum absolute atomic E-state index is 13.5. The number of sulfonamides is 1. The minimum Gasteiger partial charge on any atom is -0.431 e. The first-order chi connectivity index (χ1) is 25.0. The number of fused-ring (bicyclic) bond motifs is 1. The number of nitrogens with zero attached hydrogens (tertiary/aromatic N) is 3. The van der Waals surface area contributed by atoms with Crippen molar-refractivity contribution in [2.24, 2.45) is 0 Å². The second kappa shape index (κ2) is 16.3. The molecule has 0 radical (unpaired) electrons. The Morgan fingerprint density at radius 3 is 2.02 bits per heavy atom. The van der Waals surface area contributed by atoms with Crippen molar-refractivity contribution >= 4 is 62.1 Å². The van der Waals surface area contributed by atoms with E-state index < -0.39 is 28.9 Å². The van der Waals surface area contributed by atoms with Crippen LogP contribution in [-0.4, -0.2) is 66.8 Å². The van der Waals surface area contributed by atoms with Crippen LogP contribution in [0, 0.1) is 0 Å². The molecular formula is C38H36Cl2N4O7S. The van der Waals surface area contributed by atoms with Gasteiger partial charge in [-0.1, -0.05) is 53.5 Å². The van der Waals surface area contributed by atoms with Gasteiger partial charge in [-0.25, -0.2) is 28.0 Å². The number of rotatable bonds is 11. The zero-order chi connectivity index (χ0) is 36.8. The fourth-order valence-electron chi connectivity index (χ4n) is 6.04. The lowest BCUT2D eigenvalue weighted by Gasteiger charge is -2.32. The zero-order valence-electron chi connectivity index (χ0n) is 28.4. The van der Waals surface area contributed by atoms with E-state index in [9.17, 15) is 18.0 Å². The van der Waals surface area contributed by atoms with Crippen molar-refractivity contribution in [3.63, 3.8) is 0 Å². The highest BCUT2D eigenvalue weighted by molar-refractivity contribution is 7.89. The molecule has 6 rings (SSSR count). The summed E-state index contributed by atoms with van der Waals surface area (Å²) in [6.45, 7) is 3.26. The van der Waals surface area contributed by atoms with Crippen LogP contribution < -0.4 is 5.32 Å². The lowest BCUT2D eigenvalue weighted by Crippen LogP contribution is -2.42. The summed E-state index contributed by atoms with van der Waals surface area (Å²) in [5, 5.41) is 5.71. The number of halogens is 2. The molecule has 0 unspecified atom stereocenters. The van der Waals surface area contributed by atoms with E-state index in [0.717, 1.165) is 27.6 Å². The van der Waals surface area contributed by atoms with Gasteiger partial charge >= 0.3 is 12.1 Å². The van der Waals surface area contributed by atoms with Crippen LogP contribution in [0.15, 0.2) is 102 Å². The van der Waals surface area contributed by atoms with E-state index in [1.807, 2.05) is 54.6 Å². The van der Waals surface area contributed by atoms with E-state index in [-0.39, 0.29) is 41.6 Å². The third kappa shape index (κ3) is 8.82. The highest BCUT2D eigenvalue weighted by Crippen LogP contribution is 2.36. The molecule has 2 heterocycles. The Kier molecular flexibility index (Phi) is 11.6. The lowest BCUT2D eigenvalue weighted by molar-refractivity contribution is -0.0344. The number of carbonyl (C=O) groups excluding carboxylic acids is 2. The number of nitrogens with one attached hydrogen (secondary N) is 1. The standard InChI is InChI=1S/C38H36Cl2N4O7S/c1-24(2)51-38(46)50-23-49-37(45)27-7-14-32(15-8-27)52(47,48)44-19-17-31(18-20-44)43-36-33-21-28(9-16-34(33)41-22-42-36)35(25-3-10-29(39)11-4-25)26-5-12-30(40)13-6-26/h3-16,21-22,24,31,35H,17-20,23H2,1-2H3,(H,41,42,43). The van der Waals surface area contributed by atoms with Gasteiger partial charge in [-0.15, -0.1) is 0 Å². The highest BCUT2D eigenvalue weighted by atomic mass is 35.5. The summed E-state index contributed by atoms with van der Waals surface area (Å²) in [5.41, 5.74) is 4.05. The van der Waals surface area contributed by atoms with Crippen LogP contribution in [0.2, 0.25) is 10.0 Å². The molecule has 270 valence electrons. The molecule has 5 aromatic rings. The Bertz CT molecular complexity index is 2100. The SMILES string of the molecule is CC(C)OC(=O)OCOC(=O)c1ccc(S(=O)(=O)N2CCC(Nc3ncnc4ccc(C(c5ccc(Cl)cc5)c5ccc(Cl)cc5)cc34)CC2)cc1. The molecule has 1 aromatic heterocycles. The molecule has 4 aromatic carbocycles. The van der Waals surface area contributed by atoms with Gasteiger partial charge in [0.25, 0.3) is 0 Å². The smallest absolute Gasteiger partial charge is 0.431 e. The zero-order valence-corrected chi connectivity index (χ0v) is 30.7. The number of esters is 1. The average molecular weight is 764 g/mol. The van der Waals surface area contributed by atoms with E-state index in [4.69, 9.17) is 37.4 Å². The van der Waals surface area contributed by atoms with E-state index >= 15 is 0 Å². The molecule has 1 saturated heterocycles. The summed E-state index contributed by atoms with van der Waals surface area (Å²) in [6, 6.07) is 27.1. The molecule has 1 fully saturated rings. The largest absolute Gasteiger partial charge is 0.511 e. The van der Waals surface area contributed by atoms with Crippen molar-refractivity contribution in [2.75, 3.05) is 25.2 Å². The third-order valence-electron chi connectivity index (χ3n) is 8.62. The number of ether oxygens (including phenoxy) is 3. The van der Waals surface area contributed by atoms with Crippen LogP contribution in [0.3, 0.4) is 0 Å². The molecule has 52 heavy (non-hydrogen) atoms. The predicted octanol–water partition coefficient (Wildman–Crippen LogP) is 8.06. The van der Waals surface area contributed by atoms with Gasteiger partial charge in [0.05, 0.1) is 22.1 Å². The molecule has 0 amide bonds. The third-order valence-corrected chi connectivity index (χ3v) is 11.0. The summed E-state index contributed by atoms with van der Waals surface area (Å²) in [6.07, 6.45) is 1.27. The summed E-state index contributed by atoms with van der Waals surface area (Å²) in [5.74, 6) is -0.207. The molecule has 11 nitrogen and oxygen atoms in total. The van der Waals surface area contributed by atoms with E-state index in [1.165, 1.54) is 34.9 Å². The molecule has 0 aliphatic carbocycles. The fraction of sp³-hybridized carbons (Fsp3) is 0.263. The van der Waals surface area contributed by atoms with Crippen LogP contribution in [0.5, 0.6) is 0 Å². The van der Waals surface area contributed by atoms with Gasteiger partial charge in [0.15, 0.2) is 0 Å². The molecule has 1 aliphatic rings. The van der Waals surface area contributed by atoms with Gasteiger partial charge in [-0.2, -0.15) is 4.31 Å². The molecule has 14 heteroatoms.